The second-order valence-electron chi connectivity index (χ2n) is 16.3. The van der Waals surface area contributed by atoms with E-state index in [1.807, 2.05) is 76.2 Å². The van der Waals surface area contributed by atoms with Gasteiger partial charge in [-0.15, -0.1) is 0 Å². The lowest BCUT2D eigenvalue weighted by Gasteiger charge is -2.62. The van der Waals surface area contributed by atoms with Crippen LogP contribution in [0, 0.1) is 34.5 Å². The number of hydrogen-bond donors (Lipinski definition) is 1. The highest BCUT2D eigenvalue weighted by molar-refractivity contribution is 5.77. The zero-order valence-corrected chi connectivity index (χ0v) is 28.4. The molecule has 0 aromatic rings. The molecule has 0 radical (unpaired) electrons. The Balaban J connectivity index is 0.000000950. The van der Waals surface area contributed by atoms with Crippen LogP contribution in [-0.2, 0) is 28.6 Å². The van der Waals surface area contributed by atoms with Crippen molar-refractivity contribution in [3.8, 4) is 0 Å². The van der Waals surface area contributed by atoms with Gasteiger partial charge in [0.15, 0.2) is 0 Å². The quantitative estimate of drug-likeness (QED) is 0.205. The van der Waals surface area contributed by atoms with Gasteiger partial charge in [-0.3, -0.25) is 14.4 Å². The minimum absolute atomic E-state index is 0. The van der Waals surface area contributed by atoms with Crippen molar-refractivity contribution in [2.45, 2.75) is 179 Å². The number of ether oxygens (including phenoxy) is 3. The van der Waals surface area contributed by atoms with Crippen molar-refractivity contribution in [1.29, 1.82) is 0 Å². The van der Waals surface area contributed by atoms with Crippen LogP contribution in [0.25, 0.3) is 0 Å². The summed E-state index contributed by atoms with van der Waals surface area (Å²) in [5.74, 6) is 0.220. The maximum atomic E-state index is 12.7. The van der Waals surface area contributed by atoms with E-state index in [0.29, 0.717) is 24.7 Å². The fourth-order valence-electron chi connectivity index (χ4n) is 6.14. The van der Waals surface area contributed by atoms with Crippen LogP contribution in [0.5, 0.6) is 0 Å². The van der Waals surface area contributed by atoms with E-state index >= 15 is 0 Å². The second kappa shape index (κ2) is 14.2. The summed E-state index contributed by atoms with van der Waals surface area (Å²) in [6.45, 7) is 25.3. The van der Waals surface area contributed by atoms with Gasteiger partial charge in [0.1, 0.15) is 16.8 Å². The Bertz CT molecular complexity index is 937. The summed E-state index contributed by atoms with van der Waals surface area (Å²) in [4.78, 5) is 36.9. The molecule has 4 fully saturated rings. The van der Waals surface area contributed by atoms with Crippen LogP contribution in [0.2, 0.25) is 0 Å². The lowest BCUT2D eigenvalue weighted by molar-refractivity contribution is -0.246. The molecule has 2 unspecified atom stereocenters. The van der Waals surface area contributed by atoms with Gasteiger partial charge in [0.2, 0.25) is 0 Å². The predicted octanol–water partition coefficient (Wildman–Crippen LogP) is 8.68. The van der Waals surface area contributed by atoms with Gasteiger partial charge in [0, 0.05) is 0 Å². The van der Waals surface area contributed by atoms with Gasteiger partial charge in [0.05, 0.1) is 22.9 Å². The van der Waals surface area contributed by atoms with Gasteiger partial charge in [-0.1, -0.05) is 42.5 Å². The van der Waals surface area contributed by atoms with E-state index in [4.69, 9.17) is 14.2 Å². The number of esters is 3. The van der Waals surface area contributed by atoms with Crippen molar-refractivity contribution in [2.75, 3.05) is 0 Å². The van der Waals surface area contributed by atoms with E-state index in [9.17, 15) is 19.5 Å². The molecule has 0 aromatic carbocycles. The SMILES string of the molecule is C.C.CCC(C)(C)C(=O)OC(C)(C)C(C)C.CCC(C)(C)C(=O)OC12CC3CC(C1)C(O)(CC(=O)OC(C)(C)C)C(C3)C2. The normalized spacial score (nSPS) is 28.1. The third-order valence-corrected chi connectivity index (χ3v) is 10.3. The van der Waals surface area contributed by atoms with Crippen LogP contribution in [-0.4, -0.2) is 45.4 Å². The molecule has 7 heteroatoms. The highest BCUT2D eigenvalue weighted by atomic mass is 16.6. The molecule has 0 amide bonds. The topological polar surface area (TPSA) is 99.1 Å². The summed E-state index contributed by atoms with van der Waals surface area (Å²) in [6.07, 6.45) is 5.61. The van der Waals surface area contributed by atoms with Crippen LogP contribution in [0.4, 0.5) is 0 Å². The first-order chi connectivity index (χ1) is 18.4. The van der Waals surface area contributed by atoms with Gasteiger partial charge in [-0.25, -0.2) is 0 Å². The van der Waals surface area contributed by atoms with Gasteiger partial charge in [-0.2, -0.15) is 0 Å². The van der Waals surface area contributed by atoms with Gasteiger partial charge in [-0.05, 0) is 131 Å². The third-order valence-electron chi connectivity index (χ3n) is 10.3. The zero-order valence-electron chi connectivity index (χ0n) is 28.4. The first-order valence-corrected chi connectivity index (χ1v) is 15.8. The second-order valence-corrected chi connectivity index (χ2v) is 16.3. The van der Waals surface area contributed by atoms with Gasteiger partial charge >= 0.3 is 17.9 Å². The fourth-order valence-corrected chi connectivity index (χ4v) is 6.14. The molecule has 1 N–H and O–H groups in total. The summed E-state index contributed by atoms with van der Waals surface area (Å²) < 4.78 is 17.1. The summed E-state index contributed by atoms with van der Waals surface area (Å²) in [5, 5.41) is 11.5. The molecular weight excluding hydrogens is 544 g/mol. The van der Waals surface area contributed by atoms with Crippen LogP contribution in [0.15, 0.2) is 0 Å². The Labute approximate surface area is 264 Å². The van der Waals surface area contributed by atoms with Crippen LogP contribution in [0.1, 0.15) is 156 Å². The smallest absolute Gasteiger partial charge is 0.312 e. The largest absolute Gasteiger partial charge is 0.460 e. The summed E-state index contributed by atoms with van der Waals surface area (Å²) in [6, 6.07) is 0. The minimum Gasteiger partial charge on any atom is -0.460 e. The molecule has 0 heterocycles. The Morgan fingerprint density at radius 2 is 1.21 bits per heavy atom. The van der Waals surface area contributed by atoms with E-state index in [1.165, 1.54) is 0 Å². The molecule has 4 bridgehead atoms. The standard InChI is InChI=1S/C22H36O5.C12H24O2.2CH4/c1-7-20(5,6)18(24)27-21-10-14-8-15(11-21)22(25,16(9-14)12-21)13-17(23)26-19(2,3)4;1-8-11(4,5)10(13)14-12(6,7)9(2)3;;/h14-16,25H,7-13H2,1-6H3;9H,8H2,1-7H3;2*1H4. The van der Waals surface area contributed by atoms with Crippen LogP contribution >= 0.6 is 0 Å². The van der Waals surface area contributed by atoms with Crippen molar-refractivity contribution < 1.29 is 33.7 Å². The maximum absolute atomic E-state index is 12.7. The van der Waals surface area contributed by atoms with Crippen LogP contribution in [0.3, 0.4) is 0 Å². The van der Waals surface area contributed by atoms with E-state index < -0.39 is 22.2 Å². The molecule has 4 aliphatic carbocycles. The molecule has 4 saturated carbocycles. The summed E-state index contributed by atoms with van der Waals surface area (Å²) in [7, 11) is 0. The van der Waals surface area contributed by atoms with E-state index in [0.717, 1.165) is 32.1 Å². The maximum Gasteiger partial charge on any atom is 0.312 e. The van der Waals surface area contributed by atoms with Crippen molar-refractivity contribution in [3.05, 3.63) is 0 Å². The number of aliphatic hydroxyl groups is 1. The Morgan fingerprint density at radius 1 is 0.767 bits per heavy atom. The van der Waals surface area contributed by atoms with Crippen molar-refractivity contribution in [3.63, 3.8) is 0 Å². The minimum atomic E-state index is -1.03. The zero-order chi connectivity index (χ0) is 31.8. The summed E-state index contributed by atoms with van der Waals surface area (Å²) >= 11 is 0. The number of carbonyl (C=O) groups is 3. The molecule has 0 aliphatic heterocycles. The molecule has 7 nitrogen and oxygen atoms in total. The predicted molar refractivity (Wildman–Crippen MR) is 174 cm³/mol. The Morgan fingerprint density at radius 3 is 1.60 bits per heavy atom. The lowest BCUT2D eigenvalue weighted by Crippen LogP contribution is -2.65. The first kappa shape index (κ1) is 41.4. The van der Waals surface area contributed by atoms with Crippen molar-refractivity contribution in [2.24, 2.45) is 34.5 Å². The fraction of sp³-hybridized carbons (Fsp3) is 0.917. The molecule has 2 atom stereocenters. The van der Waals surface area contributed by atoms with Crippen molar-refractivity contribution >= 4 is 17.9 Å². The average molecular weight is 613 g/mol. The van der Waals surface area contributed by atoms with E-state index in [2.05, 4.69) is 13.8 Å². The van der Waals surface area contributed by atoms with E-state index in [1.54, 1.807) is 0 Å². The highest BCUT2D eigenvalue weighted by Crippen LogP contribution is 2.62. The van der Waals surface area contributed by atoms with Gasteiger partial charge in [0.25, 0.3) is 0 Å². The average Bonchev–Trinajstić information content (AvgIpc) is 2.80. The number of hydrogen-bond acceptors (Lipinski definition) is 7. The monoisotopic (exact) mass is 612 g/mol. The third kappa shape index (κ3) is 9.93. The Hall–Kier alpha value is -1.63. The molecule has 43 heavy (non-hydrogen) atoms. The molecular formula is C36H68O7. The first-order valence-electron chi connectivity index (χ1n) is 15.8. The molecule has 0 saturated heterocycles. The summed E-state index contributed by atoms with van der Waals surface area (Å²) in [5.41, 5.74) is -3.27. The van der Waals surface area contributed by atoms with Gasteiger partial charge < -0.3 is 19.3 Å². The van der Waals surface area contributed by atoms with E-state index in [-0.39, 0.29) is 62.0 Å². The number of carbonyl (C=O) groups excluding carboxylic acids is 3. The Kier molecular flexibility index (Phi) is 13.7. The molecule has 254 valence electrons. The molecule has 0 aromatic heterocycles. The molecule has 4 aliphatic rings. The molecule has 0 spiro atoms. The van der Waals surface area contributed by atoms with Crippen molar-refractivity contribution in [1.82, 2.24) is 0 Å². The van der Waals surface area contributed by atoms with Crippen LogP contribution < -0.4 is 0 Å². The lowest BCUT2D eigenvalue weighted by atomic mass is 9.47. The molecule has 4 rings (SSSR count). The number of rotatable bonds is 9. The highest BCUT2D eigenvalue weighted by Gasteiger charge is 2.64.